The van der Waals surface area contributed by atoms with E-state index in [0.717, 1.165) is 23.1 Å². The fraction of sp³-hybridized carbons (Fsp3) is 0.174. The molecule has 2 aliphatic rings. The summed E-state index contributed by atoms with van der Waals surface area (Å²) in [6, 6.07) is 15.1. The molecule has 3 aromatic rings. The minimum absolute atomic E-state index is 0.136. The van der Waals surface area contributed by atoms with E-state index >= 15 is 0 Å². The number of benzene rings is 2. The number of aliphatic hydroxyl groups excluding tert-OH is 1. The van der Waals surface area contributed by atoms with E-state index in [1.807, 2.05) is 43.3 Å². The molecule has 1 fully saturated rings. The summed E-state index contributed by atoms with van der Waals surface area (Å²) in [4.78, 5) is 14.4. The Morgan fingerprint density at radius 1 is 1.16 bits per heavy atom. The number of hydrogen-bond donors (Lipinski definition) is 1. The van der Waals surface area contributed by atoms with Crippen LogP contribution >= 0.6 is 23.4 Å². The lowest BCUT2D eigenvalue weighted by Gasteiger charge is -2.20. The number of aliphatic hydroxyl groups is 1. The number of carbonyl (C=O) groups excluding carboxylic acids is 1. The summed E-state index contributed by atoms with van der Waals surface area (Å²) in [5.41, 5.74) is 2.80. The SMILES string of the molecule is Cc1ccc(-c2ccc(C=C3SC(=O)N(Cc4cc5c(cc4Cl)OCO5)C3O)o2)cc1. The third kappa shape index (κ3) is 3.92. The molecule has 0 aliphatic carbocycles. The molecule has 0 bridgehead atoms. The van der Waals surface area contributed by atoms with Gasteiger partial charge in [-0.2, -0.15) is 0 Å². The van der Waals surface area contributed by atoms with Crippen LogP contribution in [0.2, 0.25) is 5.02 Å². The third-order valence-electron chi connectivity index (χ3n) is 5.12. The molecule has 2 aliphatic heterocycles. The van der Waals surface area contributed by atoms with Crippen LogP contribution in [-0.2, 0) is 6.54 Å². The Bertz CT molecular complexity index is 1190. The van der Waals surface area contributed by atoms with E-state index in [-0.39, 0.29) is 18.6 Å². The van der Waals surface area contributed by atoms with Gasteiger partial charge >= 0.3 is 0 Å². The lowest BCUT2D eigenvalue weighted by atomic mass is 10.1. The van der Waals surface area contributed by atoms with E-state index < -0.39 is 6.23 Å². The van der Waals surface area contributed by atoms with Crippen molar-refractivity contribution in [3.05, 3.63) is 75.3 Å². The molecule has 6 nitrogen and oxygen atoms in total. The number of aryl methyl sites for hydroxylation is 1. The van der Waals surface area contributed by atoms with Crippen LogP contribution in [0.25, 0.3) is 17.4 Å². The van der Waals surface area contributed by atoms with Gasteiger partial charge in [-0.05, 0) is 48.5 Å². The molecule has 2 aromatic carbocycles. The van der Waals surface area contributed by atoms with Gasteiger partial charge < -0.3 is 19.0 Å². The maximum Gasteiger partial charge on any atom is 0.288 e. The minimum Gasteiger partial charge on any atom is -0.457 e. The first-order valence-corrected chi connectivity index (χ1v) is 10.8. The number of ether oxygens (including phenoxy) is 2. The van der Waals surface area contributed by atoms with Crippen molar-refractivity contribution in [1.82, 2.24) is 4.90 Å². The zero-order valence-electron chi connectivity index (χ0n) is 16.5. The number of amides is 1. The molecule has 1 N–H and O–H groups in total. The third-order valence-corrected chi connectivity index (χ3v) is 6.44. The van der Waals surface area contributed by atoms with E-state index in [1.165, 1.54) is 10.5 Å². The van der Waals surface area contributed by atoms with Crippen molar-refractivity contribution >= 4 is 34.7 Å². The molecule has 3 heterocycles. The standard InChI is InChI=1S/C23H18ClNO5S/c1-13-2-4-14(5-3-13)18-7-6-16(30-18)9-21-22(26)25(23(27)31-21)11-15-8-19-20(10-17(15)24)29-12-28-19/h2-10,22,26H,11-12H2,1H3. The average Bonchev–Trinajstić information content (AvgIpc) is 3.45. The van der Waals surface area contributed by atoms with Crippen LogP contribution in [0.4, 0.5) is 4.79 Å². The Labute approximate surface area is 188 Å². The highest BCUT2D eigenvalue weighted by atomic mass is 35.5. The van der Waals surface area contributed by atoms with Crippen LogP contribution in [0.15, 0.2) is 57.9 Å². The quantitative estimate of drug-likeness (QED) is 0.546. The van der Waals surface area contributed by atoms with Crippen LogP contribution in [-0.4, -0.2) is 28.3 Å². The maximum absolute atomic E-state index is 12.6. The second kappa shape index (κ2) is 8.00. The van der Waals surface area contributed by atoms with E-state index in [2.05, 4.69) is 0 Å². The normalized spacial score (nSPS) is 18.9. The molecule has 8 heteroatoms. The Kier molecular flexibility index (Phi) is 5.17. The van der Waals surface area contributed by atoms with Gasteiger partial charge in [-0.15, -0.1) is 0 Å². The molecular formula is C23H18ClNO5S. The zero-order chi connectivity index (χ0) is 21.5. The monoisotopic (exact) mass is 455 g/mol. The van der Waals surface area contributed by atoms with Gasteiger partial charge in [0.25, 0.3) is 5.24 Å². The number of fused-ring (bicyclic) bond motifs is 1. The van der Waals surface area contributed by atoms with Crippen molar-refractivity contribution in [2.75, 3.05) is 6.79 Å². The van der Waals surface area contributed by atoms with E-state index in [9.17, 15) is 9.90 Å². The number of halogens is 1. The predicted molar refractivity (Wildman–Crippen MR) is 119 cm³/mol. The largest absolute Gasteiger partial charge is 0.457 e. The fourth-order valence-electron chi connectivity index (χ4n) is 3.43. The first-order valence-electron chi connectivity index (χ1n) is 9.61. The summed E-state index contributed by atoms with van der Waals surface area (Å²) in [5, 5.41) is 10.9. The van der Waals surface area contributed by atoms with Crippen molar-refractivity contribution in [3.63, 3.8) is 0 Å². The first kappa shape index (κ1) is 20.1. The van der Waals surface area contributed by atoms with Gasteiger partial charge in [0.15, 0.2) is 17.7 Å². The fourth-order valence-corrected chi connectivity index (χ4v) is 4.53. The highest BCUT2D eigenvalue weighted by molar-refractivity contribution is 8.17. The van der Waals surface area contributed by atoms with Crippen molar-refractivity contribution in [2.24, 2.45) is 0 Å². The van der Waals surface area contributed by atoms with Crippen molar-refractivity contribution < 1.29 is 23.8 Å². The molecule has 31 heavy (non-hydrogen) atoms. The molecule has 1 saturated heterocycles. The number of hydrogen-bond acceptors (Lipinski definition) is 6. The predicted octanol–water partition coefficient (Wildman–Crippen LogP) is 5.67. The first-order chi connectivity index (χ1) is 15.0. The van der Waals surface area contributed by atoms with Gasteiger partial charge in [0.05, 0.1) is 6.54 Å². The summed E-state index contributed by atoms with van der Waals surface area (Å²) >= 11 is 7.30. The highest BCUT2D eigenvalue weighted by Crippen LogP contribution is 2.41. The number of furan rings is 1. The summed E-state index contributed by atoms with van der Waals surface area (Å²) in [6.45, 7) is 2.31. The van der Waals surface area contributed by atoms with E-state index in [0.29, 0.717) is 32.8 Å². The van der Waals surface area contributed by atoms with Crippen LogP contribution in [0.5, 0.6) is 11.5 Å². The molecule has 1 atom stereocenters. The number of rotatable bonds is 4. The summed E-state index contributed by atoms with van der Waals surface area (Å²) in [6.07, 6.45) is 0.596. The summed E-state index contributed by atoms with van der Waals surface area (Å²) in [5.74, 6) is 2.43. The van der Waals surface area contributed by atoms with E-state index in [4.69, 9.17) is 25.5 Å². The van der Waals surface area contributed by atoms with Crippen LogP contribution in [0.1, 0.15) is 16.9 Å². The van der Waals surface area contributed by atoms with Crippen LogP contribution < -0.4 is 9.47 Å². The van der Waals surface area contributed by atoms with Gasteiger partial charge in [0.2, 0.25) is 6.79 Å². The summed E-state index contributed by atoms with van der Waals surface area (Å²) < 4.78 is 16.6. The van der Waals surface area contributed by atoms with Crippen molar-refractivity contribution in [3.8, 4) is 22.8 Å². The van der Waals surface area contributed by atoms with Crippen LogP contribution in [0, 0.1) is 6.92 Å². The number of carbonyl (C=O) groups is 1. The molecule has 1 aromatic heterocycles. The molecule has 5 rings (SSSR count). The number of thioether (sulfide) groups is 1. The topological polar surface area (TPSA) is 72.1 Å². The molecule has 1 amide bonds. The lowest BCUT2D eigenvalue weighted by Crippen LogP contribution is -2.31. The minimum atomic E-state index is -1.09. The molecule has 158 valence electrons. The van der Waals surface area contributed by atoms with Gasteiger partial charge in [-0.1, -0.05) is 41.4 Å². The average molecular weight is 456 g/mol. The van der Waals surface area contributed by atoms with Crippen molar-refractivity contribution in [1.29, 1.82) is 0 Å². The van der Waals surface area contributed by atoms with E-state index in [1.54, 1.807) is 18.2 Å². The zero-order valence-corrected chi connectivity index (χ0v) is 18.1. The molecule has 0 saturated carbocycles. The highest BCUT2D eigenvalue weighted by Gasteiger charge is 2.36. The Balaban J connectivity index is 1.35. The second-order valence-corrected chi connectivity index (χ2v) is 8.71. The number of nitrogens with zero attached hydrogens (tertiary/aromatic N) is 1. The van der Waals surface area contributed by atoms with Crippen molar-refractivity contribution in [2.45, 2.75) is 19.7 Å². The van der Waals surface area contributed by atoms with Gasteiger partial charge in [-0.3, -0.25) is 9.69 Å². The Morgan fingerprint density at radius 2 is 1.90 bits per heavy atom. The van der Waals surface area contributed by atoms with Gasteiger partial charge in [0, 0.05) is 21.6 Å². The molecule has 0 radical (unpaired) electrons. The summed E-state index contributed by atoms with van der Waals surface area (Å²) in [7, 11) is 0. The van der Waals surface area contributed by atoms with Crippen LogP contribution in [0.3, 0.4) is 0 Å². The molecule has 1 unspecified atom stereocenters. The van der Waals surface area contributed by atoms with Gasteiger partial charge in [0.1, 0.15) is 11.5 Å². The second-order valence-electron chi connectivity index (χ2n) is 7.28. The van der Waals surface area contributed by atoms with Gasteiger partial charge in [-0.25, -0.2) is 0 Å². The molecular weight excluding hydrogens is 438 g/mol. The smallest absolute Gasteiger partial charge is 0.288 e. The lowest BCUT2D eigenvalue weighted by molar-refractivity contribution is 0.0764. The Morgan fingerprint density at radius 3 is 2.68 bits per heavy atom. The molecule has 0 spiro atoms. The Hall–Kier alpha value is -2.87. The maximum atomic E-state index is 12.6.